The van der Waals surface area contributed by atoms with E-state index in [4.69, 9.17) is 4.42 Å². The molecule has 0 radical (unpaired) electrons. The van der Waals surface area contributed by atoms with E-state index >= 15 is 0 Å². The molecule has 1 aliphatic rings. The molecule has 1 saturated carbocycles. The Labute approximate surface area is 149 Å². The lowest BCUT2D eigenvalue weighted by Crippen LogP contribution is -2.32. The molecule has 0 unspecified atom stereocenters. The Balaban J connectivity index is 1.60. The van der Waals surface area contributed by atoms with Crippen molar-refractivity contribution in [3.8, 4) is 0 Å². The molecule has 5 heteroatoms. The van der Waals surface area contributed by atoms with Crippen molar-refractivity contribution in [3.63, 3.8) is 0 Å². The number of nitrogens with zero attached hydrogens (tertiary/aromatic N) is 1. The van der Waals surface area contributed by atoms with Crippen LogP contribution in [0.25, 0.3) is 0 Å². The Morgan fingerprint density at radius 3 is 2.65 bits per heavy atom. The van der Waals surface area contributed by atoms with Crippen LogP contribution in [-0.2, 0) is 11.3 Å². The van der Waals surface area contributed by atoms with E-state index in [0.717, 1.165) is 0 Å². The third-order valence-electron chi connectivity index (χ3n) is 4.69. The average Bonchev–Trinajstić information content (AvgIpc) is 3.26. The molecule has 1 aromatic heterocycles. The number of anilines is 1. The maximum Gasteiger partial charge on any atom is 0.231 e. The molecule has 0 saturated heterocycles. The van der Waals surface area contributed by atoms with Crippen molar-refractivity contribution < 1.29 is 18.0 Å². The van der Waals surface area contributed by atoms with Gasteiger partial charge < -0.3 is 9.32 Å². The Kier molecular flexibility index (Phi) is 4.29. The van der Waals surface area contributed by atoms with Gasteiger partial charge in [-0.1, -0.05) is 24.3 Å². The van der Waals surface area contributed by atoms with Crippen LogP contribution in [0, 0.1) is 17.6 Å². The molecule has 4 rings (SSSR count). The predicted octanol–water partition coefficient (Wildman–Crippen LogP) is 4.89. The largest absolute Gasteiger partial charge is 0.467 e. The molecule has 3 nitrogen and oxygen atoms in total. The van der Waals surface area contributed by atoms with E-state index in [1.807, 2.05) is 0 Å². The first-order chi connectivity index (χ1) is 12.6. The van der Waals surface area contributed by atoms with Gasteiger partial charge in [0.25, 0.3) is 0 Å². The molecule has 2 aromatic carbocycles. The second kappa shape index (κ2) is 6.75. The summed E-state index contributed by atoms with van der Waals surface area (Å²) in [6, 6.07) is 15.9. The summed E-state index contributed by atoms with van der Waals surface area (Å²) in [5.41, 5.74) is 1.02. The topological polar surface area (TPSA) is 33.5 Å². The number of carbonyl (C=O) groups is 1. The number of hydrogen-bond acceptors (Lipinski definition) is 2. The second-order valence-electron chi connectivity index (χ2n) is 6.45. The van der Waals surface area contributed by atoms with Gasteiger partial charge in [-0.05, 0) is 54.3 Å². The lowest BCUT2D eigenvalue weighted by atomic mass is 10.1. The van der Waals surface area contributed by atoms with Crippen LogP contribution >= 0.6 is 0 Å². The summed E-state index contributed by atoms with van der Waals surface area (Å²) in [6.07, 6.45) is 2.12. The zero-order valence-corrected chi connectivity index (χ0v) is 13.9. The Bertz CT molecular complexity index is 923. The summed E-state index contributed by atoms with van der Waals surface area (Å²) < 4.78 is 33.0. The summed E-state index contributed by atoms with van der Waals surface area (Å²) in [6.45, 7) is 0.204. The van der Waals surface area contributed by atoms with E-state index in [0.29, 0.717) is 23.4 Å². The van der Waals surface area contributed by atoms with Crippen molar-refractivity contribution in [2.75, 3.05) is 4.90 Å². The fraction of sp³-hybridized carbons (Fsp3) is 0.190. The molecule has 0 N–H and O–H groups in total. The van der Waals surface area contributed by atoms with Crippen LogP contribution in [0.1, 0.15) is 23.7 Å². The van der Waals surface area contributed by atoms with Crippen molar-refractivity contribution in [1.29, 1.82) is 0 Å². The van der Waals surface area contributed by atoms with Gasteiger partial charge in [0.2, 0.25) is 5.91 Å². The molecular weight excluding hydrogens is 336 g/mol. The Morgan fingerprint density at radius 2 is 1.92 bits per heavy atom. The van der Waals surface area contributed by atoms with Gasteiger partial charge in [-0.15, -0.1) is 0 Å². The lowest BCUT2D eigenvalue weighted by molar-refractivity contribution is -0.120. The average molecular weight is 353 g/mol. The molecule has 0 bridgehead atoms. The number of benzene rings is 2. The molecule has 26 heavy (non-hydrogen) atoms. The van der Waals surface area contributed by atoms with E-state index in [-0.39, 0.29) is 30.1 Å². The summed E-state index contributed by atoms with van der Waals surface area (Å²) in [4.78, 5) is 14.6. The number of rotatable bonds is 5. The van der Waals surface area contributed by atoms with E-state index in [1.165, 1.54) is 29.4 Å². The highest BCUT2D eigenvalue weighted by atomic mass is 19.1. The van der Waals surface area contributed by atoms with Gasteiger partial charge in [-0.2, -0.15) is 0 Å². The fourth-order valence-corrected chi connectivity index (χ4v) is 3.29. The molecule has 132 valence electrons. The summed E-state index contributed by atoms with van der Waals surface area (Å²) in [5, 5.41) is 0. The molecular formula is C21H17F2NO2. The smallest absolute Gasteiger partial charge is 0.231 e. The predicted molar refractivity (Wildman–Crippen MR) is 93.5 cm³/mol. The van der Waals surface area contributed by atoms with Crippen LogP contribution in [0.4, 0.5) is 14.5 Å². The van der Waals surface area contributed by atoms with Crippen LogP contribution < -0.4 is 4.90 Å². The highest BCUT2D eigenvalue weighted by molar-refractivity contribution is 5.97. The van der Waals surface area contributed by atoms with E-state index in [2.05, 4.69) is 0 Å². The molecule has 1 fully saturated rings. The number of amides is 1. The minimum atomic E-state index is -0.416. The van der Waals surface area contributed by atoms with Gasteiger partial charge in [0.15, 0.2) is 0 Å². The third-order valence-corrected chi connectivity index (χ3v) is 4.69. The van der Waals surface area contributed by atoms with Crippen LogP contribution in [0.2, 0.25) is 0 Å². The number of halogens is 2. The molecule has 1 amide bonds. The highest BCUT2D eigenvalue weighted by Crippen LogP contribution is 2.49. The minimum absolute atomic E-state index is 0.142. The molecule has 0 aliphatic heterocycles. The third kappa shape index (κ3) is 3.25. The normalized spacial score (nSPS) is 18.5. The van der Waals surface area contributed by atoms with Gasteiger partial charge >= 0.3 is 0 Å². The van der Waals surface area contributed by atoms with Gasteiger partial charge in [-0.3, -0.25) is 4.79 Å². The van der Waals surface area contributed by atoms with Crippen molar-refractivity contribution in [3.05, 3.63) is 89.9 Å². The van der Waals surface area contributed by atoms with Crippen LogP contribution in [0.15, 0.2) is 71.3 Å². The molecule has 3 aromatic rings. The fourth-order valence-electron chi connectivity index (χ4n) is 3.29. The Hall–Kier alpha value is -2.95. The van der Waals surface area contributed by atoms with E-state index in [1.54, 1.807) is 42.5 Å². The van der Waals surface area contributed by atoms with Crippen molar-refractivity contribution in [2.24, 2.45) is 5.92 Å². The molecule has 2 atom stereocenters. The maximum atomic E-state index is 14.0. The number of hydrogen-bond donors (Lipinski definition) is 0. The minimum Gasteiger partial charge on any atom is -0.467 e. The monoisotopic (exact) mass is 353 g/mol. The summed E-state index contributed by atoms with van der Waals surface area (Å²) in [5.74, 6) is -0.718. The van der Waals surface area contributed by atoms with Gasteiger partial charge in [0.1, 0.15) is 17.4 Å². The maximum absolute atomic E-state index is 14.0. The Morgan fingerprint density at radius 1 is 1.08 bits per heavy atom. The van der Waals surface area contributed by atoms with Crippen molar-refractivity contribution in [2.45, 2.75) is 18.9 Å². The highest BCUT2D eigenvalue weighted by Gasteiger charge is 2.47. The van der Waals surface area contributed by atoms with Gasteiger partial charge in [0, 0.05) is 11.6 Å². The zero-order valence-electron chi connectivity index (χ0n) is 13.9. The van der Waals surface area contributed by atoms with E-state index < -0.39 is 5.82 Å². The first kappa shape index (κ1) is 16.5. The molecule has 1 heterocycles. The first-order valence-corrected chi connectivity index (χ1v) is 8.47. The standard InChI is InChI=1S/C21H17F2NO2/c22-14-5-3-6-15(11-14)24(13-16-7-4-10-26-16)21(25)19-12-18(19)17-8-1-2-9-20(17)23/h1-11,18-19H,12-13H2/t18-,19+/m1/s1. The molecule has 0 spiro atoms. The van der Waals surface area contributed by atoms with Gasteiger partial charge in [-0.25, -0.2) is 8.78 Å². The van der Waals surface area contributed by atoms with Crippen LogP contribution in [-0.4, -0.2) is 5.91 Å². The van der Waals surface area contributed by atoms with Crippen molar-refractivity contribution in [1.82, 2.24) is 0 Å². The van der Waals surface area contributed by atoms with Gasteiger partial charge in [0.05, 0.1) is 12.8 Å². The SMILES string of the molecule is O=C([C@H]1C[C@@H]1c1ccccc1F)N(Cc1ccco1)c1cccc(F)c1. The number of carbonyl (C=O) groups excluding carboxylic acids is 1. The zero-order chi connectivity index (χ0) is 18.1. The van der Waals surface area contributed by atoms with E-state index in [9.17, 15) is 13.6 Å². The summed E-state index contributed by atoms with van der Waals surface area (Å²) in [7, 11) is 0. The van der Waals surface area contributed by atoms with Crippen molar-refractivity contribution >= 4 is 11.6 Å². The quantitative estimate of drug-likeness (QED) is 0.654. The summed E-state index contributed by atoms with van der Waals surface area (Å²) >= 11 is 0. The second-order valence-corrected chi connectivity index (χ2v) is 6.45. The van der Waals surface area contributed by atoms with Crippen LogP contribution in [0.5, 0.6) is 0 Å². The number of furan rings is 1. The lowest BCUT2D eigenvalue weighted by Gasteiger charge is -2.22. The molecule has 1 aliphatic carbocycles. The first-order valence-electron chi connectivity index (χ1n) is 8.47. The van der Waals surface area contributed by atoms with Crippen LogP contribution in [0.3, 0.4) is 0 Å².